The molecule has 4 atom stereocenters. The van der Waals surface area contributed by atoms with Crippen LogP contribution in [0.5, 0.6) is 0 Å². The van der Waals surface area contributed by atoms with Crippen molar-refractivity contribution in [3.63, 3.8) is 0 Å². The molecule has 0 heterocycles. The lowest BCUT2D eigenvalue weighted by Crippen LogP contribution is -2.35. The summed E-state index contributed by atoms with van der Waals surface area (Å²) in [5, 5.41) is 0. The smallest absolute Gasteiger partial charge is 0.0174 e. The summed E-state index contributed by atoms with van der Waals surface area (Å²) in [5.74, 6) is 4.20. The lowest BCUT2D eigenvalue weighted by molar-refractivity contribution is 0.141. The van der Waals surface area contributed by atoms with Gasteiger partial charge in [-0.15, -0.1) is 0 Å². The van der Waals surface area contributed by atoms with E-state index in [0.717, 1.165) is 23.7 Å². The van der Waals surface area contributed by atoms with Crippen molar-refractivity contribution in [1.29, 1.82) is 0 Å². The van der Waals surface area contributed by atoms with Gasteiger partial charge in [0.2, 0.25) is 0 Å². The molecule has 12 heavy (non-hydrogen) atoms. The Morgan fingerprint density at radius 1 is 1.08 bits per heavy atom. The average molecular weight is 162 g/mol. The van der Waals surface area contributed by atoms with Crippen LogP contribution in [0.3, 0.4) is 0 Å². The first-order valence-electron chi connectivity index (χ1n) is 5.54. The maximum atomic E-state index is 2.60. The zero-order chi connectivity index (χ0) is 8.13. The Kier molecular flexibility index (Phi) is 1.42. The molecule has 2 fully saturated rings. The normalized spacial score (nSPS) is 50.6. The summed E-state index contributed by atoms with van der Waals surface area (Å²) >= 11 is 0. The minimum atomic E-state index is 0.988. The van der Waals surface area contributed by atoms with Crippen molar-refractivity contribution in [1.82, 2.24) is 0 Å². The van der Waals surface area contributed by atoms with E-state index in [1.165, 1.54) is 32.1 Å². The van der Waals surface area contributed by atoms with E-state index < -0.39 is 0 Å². The molecule has 0 aliphatic heterocycles. The minimum absolute atomic E-state index is 0.988. The van der Waals surface area contributed by atoms with E-state index in [9.17, 15) is 0 Å². The Morgan fingerprint density at radius 2 is 1.92 bits per heavy atom. The predicted molar refractivity (Wildman–Crippen MR) is 50.8 cm³/mol. The van der Waals surface area contributed by atoms with Gasteiger partial charge in [0.25, 0.3) is 0 Å². The highest BCUT2D eigenvalue weighted by molar-refractivity contribution is 5.18. The summed E-state index contributed by atoms with van der Waals surface area (Å²) < 4.78 is 0. The molecule has 4 aliphatic carbocycles. The van der Waals surface area contributed by atoms with Crippen LogP contribution in [-0.2, 0) is 0 Å². The van der Waals surface area contributed by atoms with E-state index in [1.54, 1.807) is 5.57 Å². The molecule has 0 aromatic carbocycles. The van der Waals surface area contributed by atoms with Gasteiger partial charge in [-0.25, -0.2) is 0 Å². The zero-order valence-corrected chi connectivity index (χ0v) is 7.92. The number of hydrogen-bond acceptors (Lipinski definition) is 0. The molecule has 0 heteroatoms. The van der Waals surface area contributed by atoms with E-state index in [1.807, 2.05) is 0 Å². The van der Waals surface area contributed by atoms with Crippen LogP contribution in [0.4, 0.5) is 0 Å². The molecule has 0 spiro atoms. The van der Waals surface area contributed by atoms with Crippen LogP contribution in [0.1, 0.15) is 39.0 Å². The van der Waals surface area contributed by atoms with Crippen LogP contribution >= 0.6 is 0 Å². The van der Waals surface area contributed by atoms with Crippen molar-refractivity contribution in [2.45, 2.75) is 39.0 Å². The fourth-order valence-electron chi connectivity index (χ4n) is 4.08. The van der Waals surface area contributed by atoms with Crippen LogP contribution in [0, 0.1) is 23.7 Å². The van der Waals surface area contributed by atoms with Crippen LogP contribution in [-0.4, -0.2) is 0 Å². The molecule has 2 bridgehead atoms. The van der Waals surface area contributed by atoms with E-state index in [-0.39, 0.29) is 0 Å². The maximum absolute atomic E-state index is 2.60. The first kappa shape index (κ1) is 7.17. The third-order valence-electron chi connectivity index (χ3n) is 4.56. The summed E-state index contributed by atoms with van der Waals surface area (Å²) in [7, 11) is 0. The largest absolute Gasteiger partial charge is 0.0819 e. The molecule has 2 unspecified atom stereocenters. The van der Waals surface area contributed by atoms with Gasteiger partial charge in [0.15, 0.2) is 0 Å². The highest BCUT2D eigenvalue weighted by Gasteiger charge is 2.44. The van der Waals surface area contributed by atoms with Crippen molar-refractivity contribution in [3.8, 4) is 0 Å². The monoisotopic (exact) mass is 162 g/mol. The first-order valence-corrected chi connectivity index (χ1v) is 5.54. The van der Waals surface area contributed by atoms with Crippen molar-refractivity contribution in [3.05, 3.63) is 11.6 Å². The quantitative estimate of drug-likeness (QED) is 0.479. The summed E-state index contributed by atoms with van der Waals surface area (Å²) in [5.41, 5.74) is 1.73. The van der Waals surface area contributed by atoms with Crippen molar-refractivity contribution >= 4 is 0 Å². The van der Waals surface area contributed by atoms with Gasteiger partial charge in [-0.05, 0) is 56.3 Å². The van der Waals surface area contributed by atoms with E-state index in [0.29, 0.717) is 0 Å². The molecule has 0 aromatic heterocycles. The van der Waals surface area contributed by atoms with Gasteiger partial charge in [-0.1, -0.05) is 18.1 Å². The Labute approximate surface area is 75.0 Å². The summed E-state index contributed by atoms with van der Waals surface area (Å²) in [6, 6.07) is 0. The van der Waals surface area contributed by atoms with Crippen molar-refractivity contribution < 1.29 is 0 Å². The van der Waals surface area contributed by atoms with Gasteiger partial charge in [-0.2, -0.15) is 0 Å². The second kappa shape index (κ2) is 2.37. The van der Waals surface area contributed by atoms with E-state index in [4.69, 9.17) is 0 Å². The topological polar surface area (TPSA) is 0 Å². The predicted octanol–water partition coefficient (Wildman–Crippen LogP) is 3.39. The van der Waals surface area contributed by atoms with Crippen molar-refractivity contribution in [2.24, 2.45) is 23.7 Å². The molecular weight excluding hydrogens is 144 g/mol. The van der Waals surface area contributed by atoms with Gasteiger partial charge in [0, 0.05) is 0 Å². The Balaban J connectivity index is 1.99. The second-order valence-electron chi connectivity index (χ2n) is 5.02. The number of hydrogen-bond donors (Lipinski definition) is 0. The van der Waals surface area contributed by atoms with Crippen molar-refractivity contribution in [2.75, 3.05) is 0 Å². The number of allylic oxidation sites excluding steroid dienone is 2. The molecule has 0 amide bonds. The number of fused-ring (bicyclic) bond motifs is 1. The molecule has 0 radical (unpaired) electrons. The molecule has 2 saturated carbocycles. The SMILES string of the molecule is CC1=C[C@H]2CC[C@@H]1C1CCCC12. The first-order chi connectivity index (χ1) is 5.86. The Hall–Kier alpha value is -0.260. The van der Waals surface area contributed by atoms with Gasteiger partial charge in [0.1, 0.15) is 0 Å². The van der Waals surface area contributed by atoms with E-state index >= 15 is 0 Å². The highest BCUT2D eigenvalue weighted by atomic mass is 14.5. The molecule has 66 valence electrons. The standard InChI is InChI=1S/C12H18/c1-8-7-9-5-6-10(8)12-4-2-3-11(9)12/h7,9-12H,2-6H2,1H3/t9-,10+,11?,12?/m1/s1. The van der Waals surface area contributed by atoms with Crippen LogP contribution in [0.25, 0.3) is 0 Å². The van der Waals surface area contributed by atoms with Crippen LogP contribution in [0.15, 0.2) is 11.6 Å². The third kappa shape index (κ3) is 0.787. The molecule has 0 N–H and O–H groups in total. The maximum Gasteiger partial charge on any atom is -0.0174 e. The second-order valence-corrected chi connectivity index (χ2v) is 5.02. The molecule has 4 aliphatic rings. The fraction of sp³-hybridized carbons (Fsp3) is 0.833. The van der Waals surface area contributed by atoms with E-state index in [2.05, 4.69) is 13.0 Å². The lowest BCUT2D eigenvalue weighted by Gasteiger charge is -2.44. The third-order valence-corrected chi connectivity index (χ3v) is 4.56. The minimum Gasteiger partial charge on any atom is -0.0819 e. The average Bonchev–Trinajstić information content (AvgIpc) is 2.53. The molecular formula is C12H18. The molecule has 0 nitrogen and oxygen atoms in total. The molecule has 4 rings (SSSR count). The Morgan fingerprint density at radius 3 is 2.75 bits per heavy atom. The van der Waals surface area contributed by atoms with Gasteiger partial charge in [-0.3, -0.25) is 0 Å². The summed E-state index contributed by atoms with van der Waals surface area (Å²) in [6.07, 6.45) is 10.2. The number of rotatable bonds is 0. The highest BCUT2D eigenvalue weighted by Crippen LogP contribution is 2.54. The Bertz CT molecular complexity index is 226. The van der Waals surface area contributed by atoms with Crippen LogP contribution < -0.4 is 0 Å². The van der Waals surface area contributed by atoms with Gasteiger partial charge >= 0.3 is 0 Å². The molecule has 0 aromatic rings. The zero-order valence-electron chi connectivity index (χ0n) is 7.92. The lowest BCUT2D eigenvalue weighted by atomic mass is 9.61. The van der Waals surface area contributed by atoms with Gasteiger partial charge < -0.3 is 0 Å². The molecule has 0 saturated heterocycles. The van der Waals surface area contributed by atoms with Gasteiger partial charge in [0.05, 0.1) is 0 Å². The fourth-order valence-corrected chi connectivity index (χ4v) is 4.08. The summed E-state index contributed by atoms with van der Waals surface area (Å²) in [4.78, 5) is 0. The van der Waals surface area contributed by atoms with Crippen LogP contribution in [0.2, 0.25) is 0 Å². The summed E-state index contributed by atoms with van der Waals surface area (Å²) in [6.45, 7) is 2.37.